The number of rotatable bonds is 5. The molecule has 0 bridgehead atoms. The molecule has 1 rings (SSSR count). The van der Waals surface area contributed by atoms with Gasteiger partial charge in [-0.15, -0.1) is 0 Å². The van der Waals surface area contributed by atoms with Crippen LogP contribution in [0, 0.1) is 0 Å². The Labute approximate surface area is 89.2 Å². The third-order valence-corrected chi connectivity index (χ3v) is 2.16. The fourth-order valence-electron chi connectivity index (χ4n) is 1.47. The summed E-state index contributed by atoms with van der Waals surface area (Å²) in [6, 6.07) is -0.350. The van der Waals surface area contributed by atoms with Crippen molar-refractivity contribution in [3.63, 3.8) is 0 Å². The number of nitrogens with zero attached hydrogens (tertiary/aromatic N) is 2. The Balaban J connectivity index is 2.83. The van der Waals surface area contributed by atoms with Gasteiger partial charge in [0.1, 0.15) is 6.04 Å². The second-order valence-corrected chi connectivity index (χ2v) is 3.25. The van der Waals surface area contributed by atoms with Crippen LogP contribution in [0.2, 0.25) is 0 Å². The van der Waals surface area contributed by atoms with E-state index in [2.05, 4.69) is 4.98 Å². The summed E-state index contributed by atoms with van der Waals surface area (Å²) in [6.45, 7) is 4.19. The topological polar surface area (TPSA) is 70.1 Å². The van der Waals surface area contributed by atoms with Gasteiger partial charge in [-0.1, -0.05) is 13.3 Å². The first-order valence-electron chi connectivity index (χ1n) is 5.15. The van der Waals surface area contributed by atoms with Crippen LogP contribution < -0.4 is 5.73 Å². The molecule has 0 amide bonds. The molecule has 1 unspecified atom stereocenters. The molecule has 84 valence electrons. The van der Waals surface area contributed by atoms with Gasteiger partial charge in [0.15, 0.2) is 0 Å². The molecule has 0 aromatic carbocycles. The average molecular weight is 211 g/mol. The molecule has 15 heavy (non-hydrogen) atoms. The lowest BCUT2D eigenvalue weighted by Crippen LogP contribution is -2.22. The van der Waals surface area contributed by atoms with Gasteiger partial charge >= 0.3 is 5.97 Å². The van der Waals surface area contributed by atoms with Gasteiger partial charge in [0, 0.05) is 12.4 Å². The van der Waals surface area contributed by atoms with Gasteiger partial charge < -0.3 is 15.0 Å². The maximum Gasteiger partial charge on any atom is 0.329 e. The van der Waals surface area contributed by atoms with Gasteiger partial charge in [0.25, 0.3) is 0 Å². The summed E-state index contributed by atoms with van der Waals surface area (Å²) in [5.41, 5.74) is 5.65. The molecule has 0 aliphatic heterocycles. The van der Waals surface area contributed by atoms with Gasteiger partial charge in [-0.2, -0.15) is 0 Å². The molecular formula is C10H17N3O2. The van der Waals surface area contributed by atoms with E-state index in [9.17, 15) is 4.79 Å². The Morgan fingerprint density at radius 1 is 1.67 bits per heavy atom. The Hall–Kier alpha value is -1.52. The third kappa shape index (κ3) is 2.71. The molecule has 0 radical (unpaired) electrons. The van der Waals surface area contributed by atoms with Crippen molar-refractivity contribution in [2.45, 2.75) is 32.7 Å². The van der Waals surface area contributed by atoms with Crippen molar-refractivity contribution in [1.29, 1.82) is 0 Å². The maximum absolute atomic E-state index is 11.7. The molecule has 5 nitrogen and oxygen atoms in total. The first kappa shape index (κ1) is 11.6. The normalized spacial score (nSPS) is 12.4. The number of hydrogen-bond donors (Lipinski definition) is 1. The summed E-state index contributed by atoms with van der Waals surface area (Å²) in [6.07, 6.45) is 4.88. The molecule has 1 aromatic heterocycles. The summed E-state index contributed by atoms with van der Waals surface area (Å²) in [5.74, 6) is 0.102. The van der Waals surface area contributed by atoms with Crippen LogP contribution in [-0.4, -0.2) is 22.1 Å². The summed E-state index contributed by atoms with van der Waals surface area (Å²) in [7, 11) is 0. The van der Waals surface area contributed by atoms with E-state index in [1.807, 2.05) is 6.92 Å². The van der Waals surface area contributed by atoms with E-state index in [0.29, 0.717) is 19.0 Å². The van der Waals surface area contributed by atoms with Crippen molar-refractivity contribution in [1.82, 2.24) is 9.55 Å². The maximum atomic E-state index is 11.7. The molecule has 0 aliphatic rings. The van der Waals surface area contributed by atoms with Gasteiger partial charge in [0.2, 0.25) is 5.95 Å². The van der Waals surface area contributed by atoms with Gasteiger partial charge in [-0.3, -0.25) is 0 Å². The minimum Gasteiger partial charge on any atom is -0.464 e. The van der Waals surface area contributed by atoms with E-state index < -0.39 is 0 Å². The number of hydrogen-bond acceptors (Lipinski definition) is 4. The van der Waals surface area contributed by atoms with Crippen LogP contribution in [0.15, 0.2) is 12.4 Å². The van der Waals surface area contributed by atoms with E-state index in [1.54, 1.807) is 23.9 Å². The zero-order chi connectivity index (χ0) is 11.3. The van der Waals surface area contributed by atoms with Crippen molar-refractivity contribution in [3.05, 3.63) is 12.4 Å². The fraction of sp³-hybridized carbons (Fsp3) is 0.600. The molecule has 1 atom stereocenters. The monoisotopic (exact) mass is 211 g/mol. The van der Waals surface area contributed by atoms with Crippen LogP contribution in [0.3, 0.4) is 0 Å². The average Bonchev–Trinajstić information content (AvgIpc) is 2.61. The van der Waals surface area contributed by atoms with Gasteiger partial charge in [-0.05, 0) is 13.3 Å². The SMILES string of the molecule is CCCC(C(=O)OCC)n1ccnc1N. The van der Waals surface area contributed by atoms with Crippen molar-refractivity contribution >= 4 is 11.9 Å². The van der Waals surface area contributed by atoms with Crippen LogP contribution in [0.4, 0.5) is 5.95 Å². The second kappa shape index (κ2) is 5.38. The molecule has 5 heteroatoms. The minimum absolute atomic E-state index is 0.246. The third-order valence-electron chi connectivity index (χ3n) is 2.16. The number of imidazole rings is 1. The molecule has 0 saturated carbocycles. The Kier molecular flexibility index (Phi) is 4.15. The minimum atomic E-state index is -0.350. The van der Waals surface area contributed by atoms with E-state index in [0.717, 1.165) is 6.42 Å². The first-order valence-corrected chi connectivity index (χ1v) is 5.15. The highest BCUT2D eigenvalue weighted by Crippen LogP contribution is 2.18. The standard InChI is InChI=1S/C10H17N3O2/c1-3-5-8(9(14)15-4-2)13-7-6-12-10(13)11/h6-8H,3-5H2,1-2H3,(H2,11,12). The number of anilines is 1. The molecule has 0 aliphatic carbocycles. The van der Waals surface area contributed by atoms with Crippen molar-refractivity contribution in [2.24, 2.45) is 0 Å². The Morgan fingerprint density at radius 3 is 2.87 bits per heavy atom. The number of aromatic nitrogens is 2. The van der Waals surface area contributed by atoms with E-state index >= 15 is 0 Å². The van der Waals surface area contributed by atoms with Crippen molar-refractivity contribution < 1.29 is 9.53 Å². The molecule has 1 heterocycles. The van der Waals surface area contributed by atoms with Crippen LogP contribution in [0.1, 0.15) is 32.7 Å². The number of carbonyl (C=O) groups is 1. The number of carbonyl (C=O) groups excluding carboxylic acids is 1. The fourth-order valence-corrected chi connectivity index (χ4v) is 1.47. The number of nitrogens with two attached hydrogens (primary N) is 1. The molecular weight excluding hydrogens is 194 g/mol. The zero-order valence-corrected chi connectivity index (χ0v) is 9.14. The molecule has 1 aromatic rings. The quantitative estimate of drug-likeness (QED) is 0.747. The number of nitrogen functional groups attached to an aromatic ring is 1. The predicted molar refractivity (Wildman–Crippen MR) is 57.2 cm³/mol. The van der Waals surface area contributed by atoms with Crippen molar-refractivity contribution in [3.8, 4) is 0 Å². The predicted octanol–water partition coefficient (Wildman–Crippen LogP) is 1.37. The highest BCUT2D eigenvalue weighted by molar-refractivity contribution is 5.74. The van der Waals surface area contributed by atoms with Crippen LogP contribution in [0.25, 0.3) is 0 Å². The van der Waals surface area contributed by atoms with E-state index in [1.165, 1.54) is 0 Å². The zero-order valence-electron chi connectivity index (χ0n) is 9.14. The lowest BCUT2D eigenvalue weighted by molar-refractivity contribution is -0.147. The lowest BCUT2D eigenvalue weighted by atomic mass is 10.1. The summed E-state index contributed by atoms with van der Waals surface area (Å²) in [4.78, 5) is 15.6. The van der Waals surface area contributed by atoms with Crippen LogP contribution in [-0.2, 0) is 9.53 Å². The Morgan fingerprint density at radius 2 is 2.40 bits per heavy atom. The van der Waals surface area contributed by atoms with E-state index in [4.69, 9.17) is 10.5 Å². The molecule has 0 spiro atoms. The summed E-state index contributed by atoms with van der Waals surface area (Å²) in [5, 5.41) is 0. The van der Waals surface area contributed by atoms with E-state index in [-0.39, 0.29) is 12.0 Å². The molecule has 0 saturated heterocycles. The summed E-state index contributed by atoms with van der Waals surface area (Å²) >= 11 is 0. The van der Waals surface area contributed by atoms with Gasteiger partial charge in [-0.25, -0.2) is 9.78 Å². The highest BCUT2D eigenvalue weighted by atomic mass is 16.5. The number of ether oxygens (including phenoxy) is 1. The van der Waals surface area contributed by atoms with Crippen molar-refractivity contribution in [2.75, 3.05) is 12.3 Å². The summed E-state index contributed by atoms with van der Waals surface area (Å²) < 4.78 is 6.65. The van der Waals surface area contributed by atoms with Crippen LogP contribution in [0.5, 0.6) is 0 Å². The van der Waals surface area contributed by atoms with Gasteiger partial charge in [0.05, 0.1) is 6.61 Å². The smallest absolute Gasteiger partial charge is 0.329 e. The van der Waals surface area contributed by atoms with Crippen LogP contribution >= 0.6 is 0 Å². The molecule has 0 fully saturated rings. The Bertz CT molecular complexity index is 322. The first-order chi connectivity index (χ1) is 7.20. The molecule has 2 N–H and O–H groups in total. The second-order valence-electron chi connectivity index (χ2n) is 3.25. The highest BCUT2D eigenvalue weighted by Gasteiger charge is 2.21. The lowest BCUT2D eigenvalue weighted by Gasteiger charge is -2.17. The number of esters is 1. The largest absolute Gasteiger partial charge is 0.464 e.